The zero-order chi connectivity index (χ0) is 19.6. The fraction of sp³-hybridized carbons (Fsp3) is 0.450. The summed E-state index contributed by atoms with van der Waals surface area (Å²) in [6.07, 6.45) is 2.68. The molecule has 1 N–H and O–H groups in total. The number of carboxylic acid groups (broad SMARTS) is 1. The number of likely N-dealkylation sites (tertiary alicyclic amines) is 1. The van der Waals surface area contributed by atoms with Crippen molar-refractivity contribution in [3.63, 3.8) is 0 Å². The second-order valence-corrected chi connectivity index (χ2v) is 7.69. The van der Waals surface area contributed by atoms with E-state index in [0.717, 1.165) is 5.56 Å². The molecule has 2 aromatic rings. The number of aromatic nitrogens is 1. The zero-order valence-electron chi connectivity index (χ0n) is 15.4. The van der Waals surface area contributed by atoms with E-state index < -0.39 is 11.4 Å². The summed E-state index contributed by atoms with van der Waals surface area (Å²) in [7, 11) is 0. The van der Waals surface area contributed by atoms with E-state index in [-0.39, 0.29) is 24.8 Å². The van der Waals surface area contributed by atoms with Crippen molar-refractivity contribution in [3.05, 3.63) is 41.4 Å². The number of nitrogens with zero attached hydrogens (tertiary/aromatic N) is 2. The maximum atomic E-state index is 12.5. The van der Waals surface area contributed by atoms with Crippen LogP contribution in [0, 0.1) is 11.3 Å². The molecule has 0 spiro atoms. The Bertz CT molecular complexity index is 848. The summed E-state index contributed by atoms with van der Waals surface area (Å²) in [5, 5.41) is 10.2. The third-order valence-corrected chi connectivity index (χ3v) is 5.76. The van der Waals surface area contributed by atoms with Gasteiger partial charge >= 0.3 is 5.97 Å². The van der Waals surface area contributed by atoms with Gasteiger partial charge in [-0.15, -0.1) is 0 Å². The summed E-state index contributed by atoms with van der Waals surface area (Å²) in [6.45, 7) is 4.52. The molecule has 0 saturated carbocycles. The van der Waals surface area contributed by atoms with Gasteiger partial charge in [-0.1, -0.05) is 37.6 Å². The monoisotopic (exact) mass is 390 g/mol. The molecule has 1 atom stereocenters. The van der Waals surface area contributed by atoms with E-state index in [2.05, 4.69) is 4.98 Å². The van der Waals surface area contributed by atoms with Gasteiger partial charge in [-0.3, -0.25) is 9.59 Å². The third-order valence-electron chi connectivity index (χ3n) is 5.43. The summed E-state index contributed by atoms with van der Waals surface area (Å²) in [5.41, 5.74) is -0.0949. The van der Waals surface area contributed by atoms with Crippen LogP contribution < -0.4 is 0 Å². The molecule has 1 unspecified atom stereocenters. The van der Waals surface area contributed by atoms with Crippen molar-refractivity contribution in [2.75, 3.05) is 13.1 Å². The molecule has 7 heteroatoms. The van der Waals surface area contributed by atoms with E-state index in [1.54, 1.807) is 17.2 Å². The van der Waals surface area contributed by atoms with Gasteiger partial charge in [-0.05, 0) is 24.5 Å². The Labute approximate surface area is 163 Å². The average Bonchev–Trinajstić information content (AvgIpc) is 3.28. The number of amides is 1. The number of carbonyl (C=O) groups excluding carboxylic acids is 1. The lowest BCUT2D eigenvalue weighted by molar-refractivity contribution is -0.151. The molecule has 144 valence electrons. The molecule has 1 fully saturated rings. The lowest BCUT2D eigenvalue weighted by Gasteiger charge is -2.28. The van der Waals surface area contributed by atoms with Crippen molar-refractivity contribution in [1.29, 1.82) is 0 Å². The largest absolute Gasteiger partial charge is 0.481 e. The summed E-state index contributed by atoms with van der Waals surface area (Å²) in [6, 6.07) is 7.33. The number of rotatable bonds is 6. The molecule has 1 amide bonds. The minimum atomic E-state index is -0.851. The summed E-state index contributed by atoms with van der Waals surface area (Å²) in [5.74, 6) is 0.0959. The van der Waals surface area contributed by atoms with Gasteiger partial charge in [0.25, 0.3) is 0 Å². The Hall–Kier alpha value is -2.34. The van der Waals surface area contributed by atoms with Crippen LogP contribution in [0.4, 0.5) is 0 Å². The molecule has 0 aliphatic carbocycles. The number of oxazole rings is 1. The Morgan fingerprint density at radius 1 is 1.37 bits per heavy atom. The lowest BCUT2D eigenvalue weighted by Crippen LogP contribution is -2.40. The topological polar surface area (TPSA) is 83.6 Å². The van der Waals surface area contributed by atoms with Gasteiger partial charge in [0.15, 0.2) is 11.7 Å². The molecule has 0 bridgehead atoms. The normalized spacial score (nSPS) is 19.6. The van der Waals surface area contributed by atoms with Crippen molar-refractivity contribution in [2.45, 2.75) is 33.1 Å². The molecular formula is C20H23ClN2O4. The summed E-state index contributed by atoms with van der Waals surface area (Å²) in [4.78, 5) is 30.1. The van der Waals surface area contributed by atoms with Gasteiger partial charge in [0.05, 0.1) is 16.6 Å². The van der Waals surface area contributed by atoms with Crippen molar-refractivity contribution in [1.82, 2.24) is 9.88 Å². The van der Waals surface area contributed by atoms with Crippen LogP contribution in [0.25, 0.3) is 11.3 Å². The smallest absolute Gasteiger partial charge is 0.311 e. The first-order valence-corrected chi connectivity index (χ1v) is 9.42. The highest BCUT2D eigenvalue weighted by Crippen LogP contribution is 2.38. The van der Waals surface area contributed by atoms with Crippen molar-refractivity contribution < 1.29 is 19.1 Å². The first kappa shape index (κ1) is 19.4. The maximum Gasteiger partial charge on any atom is 0.311 e. The van der Waals surface area contributed by atoms with Gasteiger partial charge in [0, 0.05) is 31.5 Å². The highest BCUT2D eigenvalue weighted by atomic mass is 35.5. The van der Waals surface area contributed by atoms with E-state index in [1.807, 2.05) is 32.0 Å². The first-order valence-electron chi connectivity index (χ1n) is 9.04. The maximum absolute atomic E-state index is 12.5. The average molecular weight is 391 g/mol. The van der Waals surface area contributed by atoms with E-state index in [1.165, 1.54) is 0 Å². The molecule has 0 radical (unpaired) electrons. The van der Waals surface area contributed by atoms with Crippen molar-refractivity contribution in [2.24, 2.45) is 11.3 Å². The van der Waals surface area contributed by atoms with E-state index in [4.69, 9.17) is 16.0 Å². The minimum absolute atomic E-state index is 0.0299. The number of halogens is 1. The van der Waals surface area contributed by atoms with Crippen LogP contribution in [-0.4, -0.2) is 40.0 Å². The van der Waals surface area contributed by atoms with Crippen molar-refractivity contribution in [3.8, 4) is 11.3 Å². The van der Waals surface area contributed by atoms with Gasteiger partial charge in [-0.2, -0.15) is 0 Å². The van der Waals surface area contributed by atoms with Crippen molar-refractivity contribution >= 4 is 23.5 Å². The van der Waals surface area contributed by atoms with Crippen LogP contribution in [0.15, 0.2) is 34.9 Å². The number of benzene rings is 1. The fourth-order valence-electron chi connectivity index (χ4n) is 3.52. The number of carbonyl (C=O) groups is 2. The molecule has 1 aliphatic heterocycles. The van der Waals surface area contributed by atoms with Crippen LogP contribution in [-0.2, 0) is 16.0 Å². The van der Waals surface area contributed by atoms with Crippen LogP contribution in [0.3, 0.4) is 0 Å². The van der Waals surface area contributed by atoms with E-state index in [9.17, 15) is 14.7 Å². The summed E-state index contributed by atoms with van der Waals surface area (Å²) < 4.78 is 5.72. The van der Waals surface area contributed by atoms with Gasteiger partial charge < -0.3 is 14.4 Å². The Morgan fingerprint density at radius 2 is 2.11 bits per heavy atom. The van der Waals surface area contributed by atoms with E-state index >= 15 is 0 Å². The van der Waals surface area contributed by atoms with Crippen LogP contribution in [0.5, 0.6) is 0 Å². The first-order chi connectivity index (χ1) is 12.8. The van der Waals surface area contributed by atoms with Crippen LogP contribution in [0.1, 0.15) is 32.6 Å². The van der Waals surface area contributed by atoms with Gasteiger partial charge in [-0.25, -0.2) is 4.98 Å². The Balaban J connectivity index is 1.61. The lowest BCUT2D eigenvalue weighted by atomic mass is 9.76. The predicted octanol–water partition coefficient (Wildman–Crippen LogP) is 3.89. The molecule has 1 aliphatic rings. The van der Waals surface area contributed by atoms with Crippen LogP contribution in [0.2, 0.25) is 5.02 Å². The quantitative estimate of drug-likeness (QED) is 0.808. The molecule has 1 aromatic heterocycles. The van der Waals surface area contributed by atoms with Gasteiger partial charge in [0.1, 0.15) is 0 Å². The number of hydrogen-bond donors (Lipinski definition) is 1. The fourth-order valence-corrected chi connectivity index (χ4v) is 3.75. The molecule has 27 heavy (non-hydrogen) atoms. The standard InChI is InChI=1S/C20H23ClN2O4/c1-13(2)20(19(25)26)9-10-23(12-20)18(24)8-7-17-22-11-16(27-17)14-5-3-4-6-15(14)21/h3-6,11,13H,7-10,12H2,1-2H3,(H,25,26). The number of hydrogen-bond acceptors (Lipinski definition) is 4. The van der Waals surface area contributed by atoms with Crippen LogP contribution >= 0.6 is 11.6 Å². The Kier molecular flexibility index (Phi) is 5.56. The predicted molar refractivity (Wildman–Crippen MR) is 101 cm³/mol. The zero-order valence-corrected chi connectivity index (χ0v) is 16.2. The van der Waals surface area contributed by atoms with E-state index in [0.29, 0.717) is 36.1 Å². The second-order valence-electron chi connectivity index (χ2n) is 7.28. The van der Waals surface area contributed by atoms with Gasteiger partial charge in [0.2, 0.25) is 5.91 Å². The number of carboxylic acids is 1. The molecule has 2 heterocycles. The Morgan fingerprint density at radius 3 is 2.74 bits per heavy atom. The highest BCUT2D eigenvalue weighted by molar-refractivity contribution is 6.33. The molecule has 1 saturated heterocycles. The summed E-state index contributed by atoms with van der Waals surface area (Å²) >= 11 is 6.16. The SMILES string of the molecule is CC(C)C1(C(=O)O)CCN(C(=O)CCc2ncc(-c3ccccc3Cl)o2)C1. The number of aliphatic carboxylic acids is 1. The molecular weight excluding hydrogens is 368 g/mol. The molecule has 6 nitrogen and oxygen atoms in total. The molecule has 3 rings (SSSR count). The highest BCUT2D eigenvalue weighted by Gasteiger charge is 2.48. The molecule has 1 aromatic carbocycles. The third kappa shape index (κ3) is 3.86. The minimum Gasteiger partial charge on any atom is -0.481 e. The second kappa shape index (κ2) is 7.72. The number of aryl methyl sites for hydroxylation is 1.